The zero-order chi connectivity index (χ0) is 21.1. The molecular formula is C19H26N6O4. The highest BCUT2D eigenvalue weighted by molar-refractivity contribution is 5.77. The highest BCUT2D eigenvalue weighted by Gasteiger charge is 2.29. The van der Waals surface area contributed by atoms with Crippen LogP contribution in [-0.2, 0) is 0 Å². The summed E-state index contributed by atoms with van der Waals surface area (Å²) in [6.07, 6.45) is 1.12. The zero-order valence-corrected chi connectivity index (χ0v) is 17.0. The number of nitrogens with one attached hydrogen (secondary N) is 1. The van der Waals surface area contributed by atoms with Gasteiger partial charge in [-0.15, -0.1) is 0 Å². The van der Waals surface area contributed by atoms with E-state index in [-0.39, 0.29) is 17.3 Å². The summed E-state index contributed by atoms with van der Waals surface area (Å²) in [6.45, 7) is 5.86. The summed E-state index contributed by atoms with van der Waals surface area (Å²) in [6, 6.07) is 5.10. The highest BCUT2D eigenvalue weighted by atomic mass is 16.6. The minimum Gasteiger partial charge on any atom is -0.497 e. The standard InChI is InChI=1S/C19H26N6O4/c1-11-7-12(2)10-24(9-11)19-22-17(20)16(25(26)27)18(23-19)21-14-8-13(28-3)5-6-15(14)29-4/h5-6,8,11-12H,7,9-10H2,1-4H3,(H3,20,21,22,23)/t11-,12-/m0/s1. The second kappa shape index (κ2) is 8.38. The molecule has 1 aliphatic rings. The van der Waals surface area contributed by atoms with Crippen molar-refractivity contribution in [2.45, 2.75) is 20.3 Å². The Balaban J connectivity index is 2.05. The quantitative estimate of drug-likeness (QED) is 0.552. The Morgan fingerprint density at radius 1 is 1.21 bits per heavy atom. The van der Waals surface area contributed by atoms with Gasteiger partial charge in [0.15, 0.2) is 0 Å². The van der Waals surface area contributed by atoms with Crippen LogP contribution in [-0.4, -0.2) is 42.2 Å². The molecule has 10 nitrogen and oxygen atoms in total. The van der Waals surface area contributed by atoms with Gasteiger partial charge in [-0.05, 0) is 30.4 Å². The van der Waals surface area contributed by atoms with Crippen molar-refractivity contribution in [1.82, 2.24) is 9.97 Å². The molecule has 2 atom stereocenters. The van der Waals surface area contributed by atoms with Crippen LogP contribution in [0.5, 0.6) is 11.5 Å². The largest absolute Gasteiger partial charge is 0.497 e. The first-order valence-corrected chi connectivity index (χ1v) is 9.38. The van der Waals surface area contributed by atoms with Crippen LogP contribution >= 0.6 is 0 Å². The van der Waals surface area contributed by atoms with Gasteiger partial charge in [0.25, 0.3) is 0 Å². The normalized spacial score (nSPS) is 19.0. The van der Waals surface area contributed by atoms with Gasteiger partial charge in [0.2, 0.25) is 17.6 Å². The van der Waals surface area contributed by atoms with E-state index in [9.17, 15) is 10.1 Å². The molecule has 2 heterocycles. The smallest absolute Gasteiger partial charge is 0.353 e. The maximum Gasteiger partial charge on any atom is 0.353 e. The monoisotopic (exact) mass is 402 g/mol. The first-order valence-electron chi connectivity index (χ1n) is 9.38. The lowest BCUT2D eigenvalue weighted by atomic mass is 9.92. The van der Waals surface area contributed by atoms with Crippen molar-refractivity contribution >= 4 is 29.0 Å². The third-order valence-electron chi connectivity index (χ3n) is 4.89. The molecule has 0 bridgehead atoms. The number of nitrogens with zero attached hydrogens (tertiary/aromatic N) is 4. The number of anilines is 4. The van der Waals surface area contributed by atoms with Crippen molar-refractivity contribution in [2.75, 3.05) is 43.3 Å². The second-order valence-electron chi connectivity index (χ2n) is 7.41. The zero-order valence-electron chi connectivity index (χ0n) is 17.0. The number of methoxy groups -OCH3 is 2. The number of benzene rings is 1. The van der Waals surface area contributed by atoms with E-state index >= 15 is 0 Å². The van der Waals surface area contributed by atoms with Crippen LogP contribution in [0.15, 0.2) is 18.2 Å². The van der Waals surface area contributed by atoms with Crippen molar-refractivity contribution < 1.29 is 14.4 Å². The van der Waals surface area contributed by atoms with E-state index in [0.717, 1.165) is 19.5 Å². The predicted molar refractivity (Wildman–Crippen MR) is 111 cm³/mol. The fraction of sp³-hybridized carbons (Fsp3) is 0.474. The van der Waals surface area contributed by atoms with E-state index in [4.69, 9.17) is 15.2 Å². The lowest BCUT2D eigenvalue weighted by Gasteiger charge is -2.35. The number of aromatic nitrogens is 2. The van der Waals surface area contributed by atoms with Gasteiger partial charge in [-0.25, -0.2) is 0 Å². The molecule has 0 aliphatic carbocycles. The van der Waals surface area contributed by atoms with E-state index in [2.05, 4.69) is 29.1 Å². The topological polar surface area (TPSA) is 129 Å². The lowest BCUT2D eigenvalue weighted by molar-refractivity contribution is -0.383. The van der Waals surface area contributed by atoms with E-state index in [1.165, 1.54) is 14.2 Å². The minimum absolute atomic E-state index is 0.00920. The Morgan fingerprint density at radius 3 is 2.48 bits per heavy atom. The summed E-state index contributed by atoms with van der Waals surface area (Å²) in [5.74, 6) is 2.18. The van der Waals surface area contributed by atoms with Gasteiger partial charge in [-0.2, -0.15) is 9.97 Å². The van der Waals surface area contributed by atoms with Crippen LogP contribution in [0, 0.1) is 22.0 Å². The van der Waals surface area contributed by atoms with Gasteiger partial charge in [0.05, 0.1) is 24.8 Å². The Kier molecular flexibility index (Phi) is 5.90. The van der Waals surface area contributed by atoms with Gasteiger partial charge in [0.1, 0.15) is 11.5 Å². The number of piperidine rings is 1. The van der Waals surface area contributed by atoms with Crippen molar-refractivity contribution in [3.8, 4) is 11.5 Å². The molecule has 0 unspecified atom stereocenters. The molecule has 29 heavy (non-hydrogen) atoms. The first-order chi connectivity index (χ1) is 13.8. The maximum absolute atomic E-state index is 11.6. The average molecular weight is 402 g/mol. The molecule has 2 aromatic rings. The number of nitro groups is 1. The summed E-state index contributed by atoms with van der Waals surface area (Å²) >= 11 is 0. The Hall–Kier alpha value is -3.30. The molecule has 0 saturated carbocycles. The first kappa shape index (κ1) is 20.4. The molecule has 0 radical (unpaired) electrons. The number of nitrogen functional groups attached to an aromatic ring is 1. The van der Waals surface area contributed by atoms with Crippen molar-refractivity contribution in [1.29, 1.82) is 0 Å². The molecule has 10 heteroatoms. The number of nitrogens with two attached hydrogens (primary N) is 1. The van der Waals surface area contributed by atoms with Crippen molar-refractivity contribution in [2.24, 2.45) is 11.8 Å². The molecule has 1 fully saturated rings. The summed E-state index contributed by atoms with van der Waals surface area (Å²) in [7, 11) is 3.05. The van der Waals surface area contributed by atoms with Crippen LogP contribution < -0.4 is 25.4 Å². The van der Waals surface area contributed by atoms with Crippen molar-refractivity contribution in [3.63, 3.8) is 0 Å². The molecule has 0 amide bonds. The average Bonchev–Trinajstić information content (AvgIpc) is 2.66. The maximum atomic E-state index is 11.6. The van der Waals surface area contributed by atoms with E-state index in [1.54, 1.807) is 18.2 Å². The van der Waals surface area contributed by atoms with E-state index in [0.29, 0.717) is 35.0 Å². The number of ether oxygens (including phenoxy) is 2. The van der Waals surface area contributed by atoms with Gasteiger partial charge in [-0.3, -0.25) is 10.1 Å². The van der Waals surface area contributed by atoms with Crippen LogP contribution in [0.3, 0.4) is 0 Å². The third kappa shape index (κ3) is 4.41. The molecule has 0 spiro atoms. The van der Waals surface area contributed by atoms with E-state index in [1.807, 2.05) is 4.90 Å². The Labute approximate surface area is 169 Å². The summed E-state index contributed by atoms with van der Waals surface area (Å²) < 4.78 is 10.6. The summed E-state index contributed by atoms with van der Waals surface area (Å²) in [5.41, 5.74) is 6.06. The molecule has 1 saturated heterocycles. The predicted octanol–water partition coefficient (Wildman–Crippen LogP) is 3.21. The Bertz CT molecular complexity index is 897. The molecular weight excluding hydrogens is 376 g/mol. The van der Waals surface area contributed by atoms with Crippen molar-refractivity contribution in [3.05, 3.63) is 28.3 Å². The minimum atomic E-state index is -0.588. The van der Waals surface area contributed by atoms with Crippen LogP contribution in [0.25, 0.3) is 0 Å². The second-order valence-corrected chi connectivity index (χ2v) is 7.41. The number of hydrogen-bond acceptors (Lipinski definition) is 9. The molecule has 1 aromatic heterocycles. The van der Waals surface area contributed by atoms with Gasteiger partial charge in [0, 0.05) is 19.2 Å². The molecule has 3 N–H and O–H groups in total. The molecule has 1 aliphatic heterocycles. The molecule has 3 rings (SSSR count). The van der Waals surface area contributed by atoms with E-state index < -0.39 is 4.92 Å². The number of hydrogen-bond donors (Lipinski definition) is 2. The van der Waals surface area contributed by atoms with Gasteiger partial charge < -0.3 is 25.4 Å². The van der Waals surface area contributed by atoms with Crippen LogP contribution in [0.2, 0.25) is 0 Å². The fourth-order valence-electron chi connectivity index (χ4n) is 3.73. The van der Waals surface area contributed by atoms with Crippen LogP contribution in [0.1, 0.15) is 20.3 Å². The van der Waals surface area contributed by atoms with Crippen LogP contribution in [0.4, 0.5) is 29.0 Å². The summed E-state index contributed by atoms with van der Waals surface area (Å²) in [5, 5.41) is 14.6. The summed E-state index contributed by atoms with van der Waals surface area (Å²) in [4.78, 5) is 21.8. The fourth-order valence-corrected chi connectivity index (χ4v) is 3.73. The SMILES string of the molecule is COc1ccc(OC)c(Nc2nc(N3C[C@@H](C)C[C@H](C)C3)nc(N)c2[N+](=O)[O-])c1. The molecule has 1 aromatic carbocycles. The van der Waals surface area contributed by atoms with Gasteiger partial charge in [-0.1, -0.05) is 13.8 Å². The molecule has 156 valence electrons. The van der Waals surface area contributed by atoms with Gasteiger partial charge >= 0.3 is 5.69 Å². The Morgan fingerprint density at radius 2 is 1.90 bits per heavy atom. The highest BCUT2D eigenvalue weighted by Crippen LogP contribution is 2.37. The third-order valence-corrected chi connectivity index (χ3v) is 4.89. The number of rotatable bonds is 6. The lowest BCUT2D eigenvalue weighted by Crippen LogP contribution is -2.39.